The molecule has 0 spiro atoms. The summed E-state index contributed by atoms with van der Waals surface area (Å²) in [6.07, 6.45) is 3.67. The van der Waals surface area contributed by atoms with Gasteiger partial charge in [-0.05, 0) is 0 Å². The van der Waals surface area contributed by atoms with Gasteiger partial charge in [0.05, 0.1) is 0 Å². The molecule has 1 nitrogen and oxygen atoms in total. The molecule has 0 N–H and O–H groups in total. The number of rotatable bonds is 3. The number of hydrogen-bond donors (Lipinski definition) is 0. The van der Waals surface area contributed by atoms with Crippen molar-refractivity contribution in [3.05, 3.63) is 24.6 Å². The minimum absolute atomic E-state index is 0.0712. The van der Waals surface area contributed by atoms with Gasteiger partial charge in [-0.25, -0.2) is 0 Å². The first-order valence-electron chi connectivity index (χ1n) is 4.28. The summed E-state index contributed by atoms with van der Waals surface area (Å²) < 4.78 is 5.89. The molecule has 0 saturated carbocycles. The average molecular weight is 362 g/mol. The molecule has 1 aliphatic rings. The van der Waals surface area contributed by atoms with Crippen molar-refractivity contribution < 1.29 is 24.6 Å². The molecule has 71 valence electrons. The van der Waals surface area contributed by atoms with Gasteiger partial charge in [0, 0.05) is 0 Å². The van der Waals surface area contributed by atoms with Crippen molar-refractivity contribution >= 4 is 8.80 Å². The Morgan fingerprint density at radius 2 is 2.00 bits per heavy atom. The molecule has 1 rings (SSSR count). The molecule has 0 radical (unpaired) electrons. The van der Waals surface area contributed by atoms with Crippen LogP contribution < -0.4 is 0 Å². The maximum atomic E-state index is 5.82. The van der Waals surface area contributed by atoms with E-state index in [0.717, 1.165) is 6.61 Å². The van der Waals surface area contributed by atoms with E-state index in [4.69, 9.17) is 4.74 Å². The molecule has 1 aliphatic heterocycles. The summed E-state index contributed by atoms with van der Waals surface area (Å²) in [5.41, 5.74) is 4.12. The Balaban J connectivity index is 2.65. The van der Waals surface area contributed by atoms with Crippen molar-refractivity contribution in [3.8, 4) is 0 Å². The van der Waals surface area contributed by atoms with Crippen LogP contribution in [0.3, 0.4) is 0 Å². The monoisotopic (exact) mass is 362 g/mol. The molecule has 3 heteroatoms. The van der Waals surface area contributed by atoms with Crippen molar-refractivity contribution in [2.24, 2.45) is 0 Å². The Morgan fingerprint density at radius 1 is 1.33 bits per heavy atom. The van der Waals surface area contributed by atoms with Crippen LogP contribution >= 0.6 is 0 Å². The zero-order valence-corrected chi connectivity index (χ0v) is 10.6. The van der Waals surface area contributed by atoms with Crippen molar-refractivity contribution in [2.45, 2.75) is 22.9 Å². The quantitative estimate of drug-likeness (QED) is 0.694. The molecule has 0 amide bonds. The van der Waals surface area contributed by atoms with Crippen molar-refractivity contribution in [1.29, 1.82) is 0 Å². The molecule has 1 fully saturated rings. The van der Waals surface area contributed by atoms with E-state index in [-0.39, 0.29) is 3.61 Å². The molecule has 0 aromatic rings. The fraction of sp³-hybridized carbons (Fsp3) is 0.556. The summed E-state index contributed by atoms with van der Waals surface area (Å²) in [5, 5.41) is 0. The van der Waals surface area contributed by atoms with E-state index in [9.17, 15) is 0 Å². The normalized spacial score (nSPS) is 30.2. The predicted octanol–water partition coefficient (Wildman–Crippen LogP) is 1.65. The van der Waals surface area contributed by atoms with Crippen LogP contribution in [-0.2, 0) is 24.6 Å². The van der Waals surface area contributed by atoms with E-state index in [2.05, 4.69) is 44.4 Å². The van der Waals surface area contributed by atoms with Crippen LogP contribution in [-0.4, -0.2) is 19.0 Å². The van der Waals surface area contributed by atoms with E-state index < -0.39 is 8.80 Å². The Hall–Kier alpha value is 0.345. The fourth-order valence-corrected chi connectivity index (χ4v) is 5.42. The second-order valence-electron chi connectivity index (χ2n) is 3.04. The third-order valence-electron chi connectivity index (χ3n) is 2.21. The van der Waals surface area contributed by atoms with Gasteiger partial charge in [0.25, 0.3) is 0 Å². The van der Waals surface area contributed by atoms with E-state index in [1.54, 1.807) is 0 Å². The van der Waals surface area contributed by atoms with Gasteiger partial charge in [0.1, 0.15) is 0 Å². The number of ether oxygens (including phenoxy) is 1. The molecule has 1 saturated heterocycles. The molecular formula is C9H15OPtSi. The molecule has 0 aromatic heterocycles. The predicted molar refractivity (Wildman–Crippen MR) is 50.1 cm³/mol. The van der Waals surface area contributed by atoms with Gasteiger partial charge in [-0.2, -0.15) is 0 Å². The van der Waals surface area contributed by atoms with Crippen LogP contribution in [0.2, 0.25) is 0 Å². The van der Waals surface area contributed by atoms with Crippen LogP contribution in [0.25, 0.3) is 0 Å². The topological polar surface area (TPSA) is 9.23 Å². The molecule has 0 aromatic carbocycles. The molecule has 0 bridgehead atoms. The first-order valence-corrected chi connectivity index (χ1v) is 7.32. The SMILES string of the molecule is C=C[SiH](C=C)[C]1([Pt])CCCCO1. The average Bonchev–Trinajstić information content (AvgIpc) is 2.07. The molecule has 12 heavy (non-hydrogen) atoms. The third kappa shape index (κ3) is 2.18. The second kappa shape index (κ2) is 4.54. The molecular weight excluding hydrogens is 347 g/mol. The summed E-state index contributed by atoms with van der Waals surface area (Å²) in [4.78, 5) is 0. The molecule has 1 unspecified atom stereocenters. The van der Waals surface area contributed by atoms with Gasteiger partial charge in [0.2, 0.25) is 0 Å². The summed E-state index contributed by atoms with van der Waals surface area (Å²) in [6.45, 7) is 8.63. The van der Waals surface area contributed by atoms with Gasteiger partial charge in [-0.1, -0.05) is 0 Å². The Labute approximate surface area is 87.4 Å². The van der Waals surface area contributed by atoms with Gasteiger partial charge >= 0.3 is 87.4 Å². The first-order chi connectivity index (χ1) is 5.73. The van der Waals surface area contributed by atoms with E-state index in [1.165, 1.54) is 19.3 Å². The van der Waals surface area contributed by atoms with Crippen molar-refractivity contribution in [1.82, 2.24) is 0 Å². The summed E-state index contributed by atoms with van der Waals surface area (Å²) in [5.74, 6) is 0. The van der Waals surface area contributed by atoms with E-state index in [0.29, 0.717) is 0 Å². The zero-order valence-electron chi connectivity index (χ0n) is 7.20. The van der Waals surface area contributed by atoms with Gasteiger partial charge < -0.3 is 0 Å². The molecule has 1 heterocycles. The van der Waals surface area contributed by atoms with Gasteiger partial charge in [-0.15, -0.1) is 0 Å². The molecule has 1 atom stereocenters. The third-order valence-corrected chi connectivity index (χ3v) is 7.81. The summed E-state index contributed by atoms with van der Waals surface area (Å²) >= 11 is 2.43. The zero-order chi connectivity index (χ0) is 9.03. The van der Waals surface area contributed by atoms with Crippen LogP contribution in [0, 0.1) is 0 Å². The molecule has 0 aliphatic carbocycles. The van der Waals surface area contributed by atoms with E-state index >= 15 is 0 Å². The van der Waals surface area contributed by atoms with Crippen LogP contribution in [0.5, 0.6) is 0 Å². The van der Waals surface area contributed by atoms with Crippen LogP contribution in [0.15, 0.2) is 24.6 Å². The number of hydrogen-bond acceptors (Lipinski definition) is 1. The standard InChI is InChI=1S/C9H15OSi.Pt/c1-3-11(4-2)9-7-5-6-8-10-9;/h3-4,11H,1-2,5-8H2;. The minimum atomic E-state index is -1.10. The fourth-order valence-electron chi connectivity index (χ4n) is 1.46. The first kappa shape index (κ1) is 10.4. The summed E-state index contributed by atoms with van der Waals surface area (Å²) in [7, 11) is -1.10. The Bertz CT molecular complexity index is 167. The Kier molecular flexibility index (Phi) is 3.95. The van der Waals surface area contributed by atoms with Gasteiger partial charge in [-0.3, -0.25) is 0 Å². The summed E-state index contributed by atoms with van der Waals surface area (Å²) in [6, 6.07) is 0. The van der Waals surface area contributed by atoms with E-state index in [1.807, 2.05) is 0 Å². The van der Waals surface area contributed by atoms with Crippen molar-refractivity contribution in [2.75, 3.05) is 6.61 Å². The van der Waals surface area contributed by atoms with Crippen LogP contribution in [0.1, 0.15) is 19.3 Å². The maximum absolute atomic E-state index is 5.82. The van der Waals surface area contributed by atoms with Crippen molar-refractivity contribution in [3.63, 3.8) is 0 Å². The Morgan fingerprint density at radius 3 is 2.42 bits per heavy atom. The van der Waals surface area contributed by atoms with Gasteiger partial charge in [0.15, 0.2) is 0 Å². The second-order valence-corrected chi connectivity index (χ2v) is 9.09. The van der Waals surface area contributed by atoms with Crippen LogP contribution in [0.4, 0.5) is 0 Å².